The molecule has 2 aromatic rings. The first kappa shape index (κ1) is 18.5. The number of alkyl halides is 2. The average molecular weight is 389 g/mol. The molecule has 3 atom stereocenters. The molecule has 1 saturated heterocycles. The molecule has 2 N–H and O–H groups in total. The fraction of sp³-hybridized carbons (Fsp3) is 0.467. The van der Waals surface area contributed by atoms with Gasteiger partial charge >= 0.3 is 17.9 Å². The molecule has 8 nitrogen and oxygen atoms in total. The highest BCUT2D eigenvalue weighted by Crippen LogP contribution is 2.44. The van der Waals surface area contributed by atoms with Gasteiger partial charge in [-0.2, -0.15) is 0 Å². The van der Waals surface area contributed by atoms with E-state index in [2.05, 4.69) is 20.3 Å². The van der Waals surface area contributed by atoms with Crippen LogP contribution in [0.4, 0.5) is 8.78 Å². The number of esters is 2. The van der Waals surface area contributed by atoms with Crippen LogP contribution in [-0.2, 0) is 19.1 Å². The first-order valence-electron chi connectivity index (χ1n) is 7.63. The van der Waals surface area contributed by atoms with Crippen molar-refractivity contribution in [1.82, 2.24) is 20.3 Å². The zero-order chi connectivity index (χ0) is 19.1. The van der Waals surface area contributed by atoms with E-state index in [1.165, 1.54) is 6.20 Å². The van der Waals surface area contributed by atoms with Crippen molar-refractivity contribution in [1.29, 1.82) is 0 Å². The van der Waals surface area contributed by atoms with Crippen molar-refractivity contribution in [2.75, 3.05) is 6.61 Å². The summed E-state index contributed by atoms with van der Waals surface area (Å²) in [6.45, 7) is 1.81. The van der Waals surface area contributed by atoms with E-state index in [4.69, 9.17) is 21.1 Å². The molecule has 0 spiro atoms. The smallest absolute Gasteiger partial charge is 0.305 e. The maximum atomic E-state index is 15.0. The Balaban J connectivity index is 1.99. The molecule has 0 amide bonds. The number of carbonyl (C=O) groups excluding carboxylic acids is 2. The van der Waals surface area contributed by atoms with Crippen molar-refractivity contribution in [3.8, 4) is 0 Å². The standard InChI is InChI=1S/C15H15ClF2N4O4/c1-6(23)25-4-9-13(26-7(2)24)15(17,18)12(22-9)8-3-19-11-10(8)20-5-21-14(11)16/h3,5,9,12-13,19,22H,4H2,1-2H3. The Hall–Kier alpha value is -2.33. The maximum absolute atomic E-state index is 15.0. The highest BCUT2D eigenvalue weighted by molar-refractivity contribution is 6.33. The van der Waals surface area contributed by atoms with Gasteiger partial charge in [-0.1, -0.05) is 11.6 Å². The lowest BCUT2D eigenvalue weighted by molar-refractivity contribution is -0.170. The third-order valence-electron chi connectivity index (χ3n) is 4.03. The number of nitrogens with zero attached hydrogens (tertiary/aromatic N) is 2. The number of aromatic amines is 1. The van der Waals surface area contributed by atoms with Gasteiger partial charge in [0.2, 0.25) is 0 Å². The molecule has 0 radical (unpaired) electrons. The van der Waals surface area contributed by atoms with Crippen LogP contribution in [0.2, 0.25) is 5.15 Å². The summed E-state index contributed by atoms with van der Waals surface area (Å²) >= 11 is 5.94. The second-order valence-corrected chi connectivity index (χ2v) is 6.20. The van der Waals surface area contributed by atoms with Gasteiger partial charge in [-0.15, -0.1) is 0 Å². The van der Waals surface area contributed by atoms with E-state index >= 15 is 8.78 Å². The fourth-order valence-corrected chi connectivity index (χ4v) is 3.16. The van der Waals surface area contributed by atoms with Crippen molar-refractivity contribution in [3.05, 3.63) is 23.2 Å². The highest BCUT2D eigenvalue weighted by atomic mass is 35.5. The van der Waals surface area contributed by atoms with Crippen LogP contribution in [0.15, 0.2) is 12.5 Å². The Kier molecular flexibility index (Phi) is 4.80. The predicted molar refractivity (Wildman–Crippen MR) is 85.7 cm³/mol. The number of halogens is 3. The van der Waals surface area contributed by atoms with E-state index in [1.807, 2.05) is 0 Å². The van der Waals surface area contributed by atoms with Gasteiger partial charge in [0.25, 0.3) is 0 Å². The molecule has 1 fully saturated rings. The molecule has 3 rings (SSSR count). The highest BCUT2D eigenvalue weighted by Gasteiger charge is 2.60. The maximum Gasteiger partial charge on any atom is 0.305 e. The van der Waals surface area contributed by atoms with Gasteiger partial charge in [0.1, 0.15) is 24.5 Å². The molecule has 3 unspecified atom stereocenters. The second kappa shape index (κ2) is 6.76. The summed E-state index contributed by atoms with van der Waals surface area (Å²) in [5.41, 5.74) is 0.669. The number of aromatic nitrogens is 3. The number of ether oxygens (including phenoxy) is 2. The quantitative estimate of drug-likeness (QED) is 0.607. The van der Waals surface area contributed by atoms with E-state index in [0.717, 1.165) is 20.2 Å². The van der Waals surface area contributed by atoms with Gasteiger partial charge in [0, 0.05) is 25.6 Å². The predicted octanol–water partition coefficient (Wildman–Crippen LogP) is 1.75. The third-order valence-corrected chi connectivity index (χ3v) is 4.31. The van der Waals surface area contributed by atoms with Crippen LogP contribution >= 0.6 is 11.6 Å². The van der Waals surface area contributed by atoms with Crippen molar-refractivity contribution in [2.24, 2.45) is 0 Å². The first-order valence-corrected chi connectivity index (χ1v) is 8.01. The lowest BCUT2D eigenvalue weighted by atomic mass is 10.0. The Morgan fingerprint density at radius 3 is 2.69 bits per heavy atom. The Labute approximate surface area is 151 Å². The summed E-state index contributed by atoms with van der Waals surface area (Å²) in [7, 11) is 0. The number of hydrogen-bond acceptors (Lipinski definition) is 7. The van der Waals surface area contributed by atoms with Gasteiger partial charge < -0.3 is 14.5 Å². The molecule has 1 aliphatic heterocycles. The van der Waals surface area contributed by atoms with E-state index < -0.39 is 36.0 Å². The Morgan fingerprint density at radius 1 is 1.31 bits per heavy atom. The van der Waals surface area contributed by atoms with Crippen LogP contribution in [0.25, 0.3) is 11.0 Å². The number of H-pyrrole nitrogens is 1. The van der Waals surface area contributed by atoms with Crippen LogP contribution in [0, 0.1) is 0 Å². The molecule has 140 valence electrons. The minimum Gasteiger partial charge on any atom is -0.464 e. The number of hydrogen-bond donors (Lipinski definition) is 2. The van der Waals surface area contributed by atoms with Crippen molar-refractivity contribution in [3.63, 3.8) is 0 Å². The first-order chi connectivity index (χ1) is 12.2. The summed E-state index contributed by atoms with van der Waals surface area (Å²) in [5, 5.41) is 2.77. The van der Waals surface area contributed by atoms with E-state index in [9.17, 15) is 9.59 Å². The Bertz CT molecular complexity index is 859. The fourth-order valence-electron chi connectivity index (χ4n) is 2.97. The van der Waals surface area contributed by atoms with Crippen LogP contribution in [0.1, 0.15) is 25.5 Å². The lowest BCUT2D eigenvalue weighted by Gasteiger charge is -2.24. The molecule has 3 heterocycles. The van der Waals surface area contributed by atoms with Crippen LogP contribution in [-0.4, -0.2) is 51.6 Å². The van der Waals surface area contributed by atoms with Gasteiger partial charge in [0.15, 0.2) is 11.3 Å². The van der Waals surface area contributed by atoms with Crippen LogP contribution < -0.4 is 5.32 Å². The zero-order valence-corrected chi connectivity index (χ0v) is 14.5. The SMILES string of the molecule is CC(=O)OCC1NC(c2c[nH]c3c(Cl)ncnc23)C(F)(F)C1OC(C)=O. The van der Waals surface area contributed by atoms with Gasteiger partial charge in [-0.3, -0.25) is 14.9 Å². The molecule has 1 aliphatic rings. The van der Waals surface area contributed by atoms with E-state index in [1.54, 1.807) is 0 Å². The molecule has 0 saturated carbocycles. The van der Waals surface area contributed by atoms with Gasteiger partial charge in [-0.25, -0.2) is 18.7 Å². The van der Waals surface area contributed by atoms with Gasteiger partial charge in [-0.05, 0) is 0 Å². The Morgan fingerprint density at radius 2 is 2.04 bits per heavy atom. The van der Waals surface area contributed by atoms with E-state index in [0.29, 0.717) is 5.52 Å². The number of fused-ring (bicyclic) bond motifs is 1. The normalized spacial score (nSPS) is 24.6. The van der Waals surface area contributed by atoms with E-state index in [-0.39, 0.29) is 22.8 Å². The topological polar surface area (TPSA) is 106 Å². The van der Waals surface area contributed by atoms with Crippen LogP contribution in [0.3, 0.4) is 0 Å². The summed E-state index contributed by atoms with van der Waals surface area (Å²) in [6.07, 6.45) is 0.691. The van der Waals surface area contributed by atoms with Crippen molar-refractivity contribution in [2.45, 2.75) is 38.0 Å². The summed E-state index contributed by atoms with van der Waals surface area (Å²) in [5.74, 6) is -4.98. The monoisotopic (exact) mass is 388 g/mol. The van der Waals surface area contributed by atoms with Gasteiger partial charge in [0.05, 0.1) is 11.6 Å². The molecule has 0 bridgehead atoms. The second-order valence-electron chi connectivity index (χ2n) is 5.85. The summed E-state index contributed by atoms with van der Waals surface area (Å²) in [4.78, 5) is 32.9. The summed E-state index contributed by atoms with van der Waals surface area (Å²) < 4.78 is 39.7. The largest absolute Gasteiger partial charge is 0.464 e. The minimum atomic E-state index is -3.48. The molecule has 0 aliphatic carbocycles. The van der Waals surface area contributed by atoms with Crippen LogP contribution in [0.5, 0.6) is 0 Å². The third kappa shape index (κ3) is 3.21. The molecule has 26 heavy (non-hydrogen) atoms. The lowest BCUT2D eigenvalue weighted by Crippen LogP contribution is -2.43. The number of nitrogens with one attached hydrogen (secondary N) is 2. The molecule has 11 heteroatoms. The molecular formula is C15H15ClF2N4O4. The zero-order valence-electron chi connectivity index (χ0n) is 13.8. The minimum absolute atomic E-state index is 0.0931. The molecule has 0 aromatic carbocycles. The van der Waals surface area contributed by atoms with Crippen molar-refractivity contribution >= 4 is 34.6 Å². The molecular weight excluding hydrogens is 374 g/mol. The molecule has 2 aromatic heterocycles. The number of carbonyl (C=O) groups is 2. The van der Waals surface area contributed by atoms with Crippen molar-refractivity contribution < 1.29 is 27.8 Å². The number of rotatable bonds is 4. The average Bonchev–Trinajstić information content (AvgIpc) is 3.06. The summed E-state index contributed by atoms with van der Waals surface area (Å²) in [6, 6.07) is -2.63.